The Morgan fingerprint density at radius 2 is 1.71 bits per heavy atom. The molecular formula is C15H17OP. The number of ether oxygens (including phenoxy) is 1. The van der Waals surface area contributed by atoms with Crippen molar-refractivity contribution in [1.29, 1.82) is 0 Å². The third-order valence-corrected chi connectivity index (χ3v) is 5.21. The SMILES string of the molecule is COc1ccc(P(C)c2ccccc2)c(C)c1. The summed E-state index contributed by atoms with van der Waals surface area (Å²) in [5, 5.41) is 2.84. The maximum Gasteiger partial charge on any atom is 0.119 e. The van der Waals surface area contributed by atoms with Gasteiger partial charge in [0.25, 0.3) is 0 Å². The van der Waals surface area contributed by atoms with Gasteiger partial charge in [0.05, 0.1) is 7.11 Å². The first-order valence-electron chi connectivity index (χ1n) is 5.66. The number of hydrogen-bond acceptors (Lipinski definition) is 1. The highest BCUT2D eigenvalue weighted by Gasteiger charge is 2.10. The lowest BCUT2D eigenvalue weighted by molar-refractivity contribution is 0.414. The predicted molar refractivity (Wildman–Crippen MR) is 76.3 cm³/mol. The van der Waals surface area contributed by atoms with E-state index in [0.29, 0.717) is 0 Å². The van der Waals surface area contributed by atoms with Gasteiger partial charge in [-0.25, -0.2) is 0 Å². The highest BCUT2D eigenvalue weighted by atomic mass is 31.1. The molecule has 1 unspecified atom stereocenters. The summed E-state index contributed by atoms with van der Waals surface area (Å²) in [4.78, 5) is 0. The fourth-order valence-corrected chi connectivity index (χ4v) is 3.71. The second kappa shape index (κ2) is 5.33. The van der Waals surface area contributed by atoms with Gasteiger partial charge in [-0.05, 0) is 49.8 Å². The van der Waals surface area contributed by atoms with Gasteiger partial charge in [-0.1, -0.05) is 36.4 Å². The number of hydrogen-bond donors (Lipinski definition) is 0. The summed E-state index contributed by atoms with van der Waals surface area (Å²) in [5.41, 5.74) is 1.31. The van der Waals surface area contributed by atoms with Crippen LogP contribution in [0.4, 0.5) is 0 Å². The molecule has 0 fully saturated rings. The van der Waals surface area contributed by atoms with E-state index in [4.69, 9.17) is 4.74 Å². The van der Waals surface area contributed by atoms with Gasteiger partial charge >= 0.3 is 0 Å². The average Bonchev–Trinajstić information content (AvgIpc) is 2.39. The van der Waals surface area contributed by atoms with E-state index in [1.807, 2.05) is 6.07 Å². The number of rotatable bonds is 3. The molecule has 0 aliphatic rings. The Bertz CT molecular complexity index is 494. The van der Waals surface area contributed by atoms with Crippen LogP contribution >= 0.6 is 7.92 Å². The molecule has 0 saturated carbocycles. The molecule has 0 radical (unpaired) electrons. The van der Waals surface area contributed by atoms with Crippen molar-refractivity contribution in [3.05, 3.63) is 54.1 Å². The maximum absolute atomic E-state index is 5.24. The molecule has 0 aromatic heterocycles. The van der Waals surface area contributed by atoms with E-state index >= 15 is 0 Å². The van der Waals surface area contributed by atoms with Gasteiger partial charge in [0, 0.05) is 0 Å². The first kappa shape index (κ1) is 12.1. The van der Waals surface area contributed by atoms with Crippen molar-refractivity contribution in [3.8, 4) is 5.75 Å². The van der Waals surface area contributed by atoms with Crippen LogP contribution in [0.5, 0.6) is 5.75 Å². The van der Waals surface area contributed by atoms with Crippen LogP contribution in [0.15, 0.2) is 48.5 Å². The number of methoxy groups -OCH3 is 1. The zero-order valence-electron chi connectivity index (χ0n) is 10.5. The minimum atomic E-state index is -0.265. The largest absolute Gasteiger partial charge is 0.497 e. The highest BCUT2D eigenvalue weighted by Crippen LogP contribution is 2.30. The van der Waals surface area contributed by atoms with Crippen molar-refractivity contribution in [2.24, 2.45) is 0 Å². The van der Waals surface area contributed by atoms with E-state index in [-0.39, 0.29) is 7.92 Å². The second-order valence-corrected chi connectivity index (χ2v) is 6.16. The molecule has 17 heavy (non-hydrogen) atoms. The maximum atomic E-state index is 5.24. The molecule has 1 atom stereocenters. The van der Waals surface area contributed by atoms with Gasteiger partial charge in [0.2, 0.25) is 0 Å². The Morgan fingerprint density at radius 1 is 1.00 bits per heavy atom. The van der Waals surface area contributed by atoms with Gasteiger partial charge < -0.3 is 4.74 Å². The summed E-state index contributed by atoms with van der Waals surface area (Å²) in [6.07, 6.45) is 0. The van der Waals surface area contributed by atoms with Gasteiger partial charge in [0.1, 0.15) is 5.75 Å². The monoisotopic (exact) mass is 244 g/mol. The normalized spacial score (nSPS) is 12.2. The van der Waals surface area contributed by atoms with Crippen LogP contribution in [0.3, 0.4) is 0 Å². The molecule has 0 heterocycles. The molecule has 2 aromatic carbocycles. The second-order valence-electron chi connectivity index (χ2n) is 4.05. The molecule has 2 aromatic rings. The lowest BCUT2D eigenvalue weighted by atomic mass is 10.2. The standard InChI is InChI=1S/C15H17OP/c1-12-11-13(16-2)9-10-15(12)17(3)14-7-5-4-6-8-14/h4-11H,1-3H3. The third-order valence-electron chi connectivity index (χ3n) is 2.91. The van der Waals surface area contributed by atoms with Crippen molar-refractivity contribution in [1.82, 2.24) is 0 Å². The zero-order chi connectivity index (χ0) is 12.3. The molecule has 1 nitrogen and oxygen atoms in total. The third kappa shape index (κ3) is 2.68. The van der Waals surface area contributed by atoms with Gasteiger partial charge in [0.15, 0.2) is 0 Å². The number of aryl methyl sites for hydroxylation is 1. The Balaban J connectivity index is 2.34. The molecule has 0 N–H and O–H groups in total. The molecule has 0 spiro atoms. The summed E-state index contributed by atoms with van der Waals surface area (Å²) in [6, 6.07) is 17.0. The van der Waals surface area contributed by atoms with Crippen LogP contribution in [0.2, 0.25) is 0 Å². The average molecular weight is 244 g/mol. The van der Waals surface area contributed by atoms with Crippen LogP contribution in [-0.2, 0) is 0 Å². The van der Waals surface area contributed by atoms with Gasteiger partial charge in [-0.2, -0.15) is 0 Å². The molecule has 0 amide bonds. The first-order chi connectivity index (χ1) is 8.22. The molecule has 0 bridgehead atoms. The van der Waals surface area contributed by atoms with Crippen molar-refractivity contribution in [2.45, 2.75) is 6.92 Å². The molecule has 0 aliphatic heterocycles. The highest BCUT2D eigenvalue weighted by molar-refractivity contribution is 7.72. The summed E-state index contributed by atoms with van der Waals surface area (Å²) in [5.74, 6) is 0.933. The Kier molecular flexibility index (Phi) is 3.81. The molecule has 0 aliphatic carbocycles. The van der Waals surface area contributed by atoms with Crippen LogP contribution in [-0.4, -0.2) is 13.8 Å². The van der Waals surface area contributed by atoms with E-state index in [2.05, 4.69) is 56.1 Å². The minimum Gasteiger partial charge on any atom is -0.497 e. The topological polar surface area (TPSA) is 9.23 Å². The van der Waals surface area contributed by atoms with Crippen LogP contribution in [0, 0.1) is 6.92 Å². The summed E-state index contributed by atoms with van der Waals surface area (Å²) in [6.45, 7) is 4.46. The van der Waals surface area contributed by atoms with Crippen molar-refractivity contribution in [2.75, 3.05) is 13.8 Å². The molecule has 2 heteroatoms. The summed E-state index contributed by atoms with van der Waals surface area (Å²) < 4.78 is 5.24. The van der Waals surface area contributed by atoms with E-state index < -0.39 is 0 Å². The molecule has 88 valence electrons. The first-order valence-corrected chi connectivity index (χ1v) is 7.44. The zero-order valence-corrected chi connectivity index (χ0v) is 11.4. The van der Waals surface area contributed by atoms with E-state index in [9.17, 15) is 0 Å². The van der Waals surface area contributed by atoms with Crippen molar-refractivity contribution in [3.63, 3.8) is 0 Å². The summed E-state index contributed by atoms with van der Waals surface area (Å²) >= 11 is 0. The molecular weight excluding hydrogens is 227 g/mol. The quantitative estimate of drug-likeness (QED) is 0.754. The predicted octanol–water partition coefficient (Wildman–Crippen LogP) is 3.07. The Labute approximate surface area is 104 Å². The Morgan fingerprint density at radius 3 is 2.29 bits per heavy atom. The lowest BCUT2D eigenvalue weighted by Crippen LogP contribution is -2.13. The van der Waals surface area contributed by atoms with Crippen LogP contribution in [0.1, 0.15) is 5.56 Å². The van der Waals surface area contributed by atoms with E-state index in [1.54, 1.807) is 7.11 Å². The van der Waals surface area contributed by atoms with Crippen LogP contribution < -0.4 is 15.3 Å². The van der Waals surface area contributed by atoms with Gasteiger partial charge in [-0.15, -0.1) is 0 Å². The summed E-state index contributed by atoms with van der Waals surface area (Å²) in [7, 11) is 1.44. The fraction of sp³-hybridized carbons (Fsp3) is 0.200. The van der Waals surface area contributed by atoms with Gasteiger partial charge in [-0.3, -0.25) is 0 Å². The number of benzene rings is 2. The lowest BCUT2D eigenvalue weighted by Gasteiger charge is -2.16. The van der Waals surface area contributed by atoms with E-state index in [0.717, 1.165) is 5.75 Å². The Hall–Kier alpha value is -1.33. The van der Waals surface area contributed by atoms with Crippen LogP contribution in [0.25, 0.3) is 0 Å². The van der Waals surface area contributed by atoms with E-state index in [1.165, 1.54) is 16.2 Å². The minimum absolute atomic E-state index is 0.265. The molecule has 2 rings (SSSR count). The smallest absolute Gasteiger partial charge is 0.119 e. The van der Waals surface area contributed by atoms with Crippen molar-refractivity contribution < 1.29 is 4.74 Å². The van der Waals surface area contributed by atoms with Crippen molar-refractivity contribution >= 4 is 18.5 Å². The fourth-order valence-electron chi connectivity index (χ4n) is 1.92. The molecule has 0 saturated heterocycles.